The number of hydrogen-bond donors (Lipinski definition) is 0. The summed E-state index contributed by atoms with van der Waals surface area (Å²) in [7, 11) is -1.32. The lowest BCUT2D eigenvalue weighted by Crippen LogP contribution is -1.99. The zero-order valence-corrected chi connectivity index (χ0v) is 9.40. The van der Waals surface area contributed by atoms with Crippen molar-refractivity contribution in [2.45, 2.75) is 24.2 Å². The van der Waals surface area contributed by atoms with E-state index in [1.165, 1.54) is 6.07 Å². The lowest BCUT2D eigenvalue weighted by Gasteiger charge is -2.01. The number of nitrogens with zero attached hydrogens (tertiary/aromatic N) is 1. The van der Waals surface area contributed by atoms with Crippen LogP contribution in [-0.2, 0) is 10.8 Å². The van der Waals surface area contributed by atoms with E-state index in [0.29, 0.717) is 25.0 Å². The molecule has 0 aromatic heterocycles. The summed E-state index contributed by atoms with van der Waals surface area (Å²) in [6, 6.07) is 5.23. The molecule has 2 nitrogen and oxygen atoms in total. The Kier molecular flexibility index (Phi) is 5.06. The number of hydrogen-bond acceptors (Lipinski definition) is 2. The Morgan fingerprint density at radius 3 is 2.62 bits per heavy atom. The fourth-order valence-electron chi connectivity index (χ4n) is 1.17. The zero-order chi connectivity index (χ0) is 12.0. The Morgan fingerprint density at radius 2 is 2.00 bits per heavy atom. The predicted molar refractivity (Wildman–Crippen MR) is 57.1 cm³/mol. The van der Waals surface area contributed by atoms with Crippen LogP contribution in [0.4, 0.5) is 8.78 Å². The van der Waals surface area contributed by atoms with Gasteiger partial charge in [-0.25, -0.2) is 8.78 Å². The third kappa shape index (κ3) is 3.70. The molecular formula is C11H11F2NOS. The minimum Gasteiger partial charge on any atom is -0.254 e. The molecule has 0 saturated carbocycles. The summed E-state index contributed by atoms with van der Waals surface area (Å²) in [4.78, 5) is 0.288. The van der Waals surface area contributed by atoms with Crippen molar-refractivity contribution in [1.29, 1.82) is 5.26 Å². The smallest absolute Gasteiger partial charge is 0.160 e. The highest BCUT2D eigenvalue weighted by Crippen LogP contribution is 2.13. The van der Waals surface area contributed by atoms with E-state index in [0.717, 1.165) is 12.1 Å². The molecule has 5 heteroatoms. The van der Waals surface area contributed by atoms with E-state index < -0.39 is 22.4 Å². The third-order valence-electron chi connectivity index (χ3n) is 2.02. The second-order valence-electron chi connectivity index (χ2n) is 3.24. The summed E-state index contributed by atoms with van der Waals surface area (Å²) in [5.41, 5.74) is 0. The standard InChI is InChI=1S/C11H11F2NOS/c12-10-5-4-9(8-11(10)13)16(15)7-3-1-2-6-14/h4-5,8H,1-3,7H2. The summed E-state index contributed by atoms with van der Waals surface area (Å²) in [6.45, 7) is 0. The van der Waals surface area contributed by atoms with E-state index in [2.05, 4.69) is 0 Å². The van der Waals surface area contributed by atoms with Crippen molar-refractivity contribution in [3.05, 3.63) is 29.8 Å². The molecule has 0 bridgehead atoms. The topological polar surface area (TPSA) is 40.9 Å². The molecule has 0 heterocycles. The van der Waals surface area contributed by atoms with Crippen molar-refractivity contribution >= 4 is 10.8 Å². The molecule has 0 radical (unpaired) electrons. The largest absolute Gasteiger partial charge is 0.254 e. The van der Waals surface area contributed by atoms with E-state index in [-0.39, 0.29) is 4.90 Å². The van der Waals surface area contributed by atoms with E-state index in [1.54, 1.807) is 0 Å². The van der Waals surface area contributed by atoms with Gasteiger partial charge in [-0.1, -0.05) is 0 Å². The second-order valence-corrected chi connectivity index (χ2v) is 4.81. The number of nitriles is 1. The predicted octanol–water partition coefficient (Wildman–Crippen LogP) is 2.77. The van der Waals surface area contributed by atoms with Gasteiger partial charge in [-0.3, -0.25) is 4.21 Å². The monoisotopic (exact) mass is 243 g/mol. The van der Waals surface area contributed by atoms with Gasteiger partial charge in [0.15, 0.2) is 11.6 Å². The molecule has 1 aromatic carbocycles. The molecule has 0 aliphatic heterocycles. The first-order valence-electron chi connectivity index (χ1n) is 4.85. The molecule has 1 atom stereocenters. The highest BCUT2D eigenvalue weighted by atomic mass is 32.2. The molecule has 1 rings (SSSR count). The average Bonchev–Trinajstić information content (AvgIpc) is 2.28. The summed E-state index contributed by atoms with van der Waals surface area (Å²) in [5, 5.41) is 8.30. The minimum absolute atomic E-state index is 0.288. The number of halogens is 2. The summed E-state index contributed by atoms with van der Waals surface area (Å²) < 4.78 is 37.0. The molecular weight excluding hydrogens is 232 g/mol. The number of unbranched alkanes of at least 4 members (excludes halogenated alkanes) is 2. The van der Waals surface area contributed by atoms with Gasteiger partial charge in [0.05, 0.1) is 16.9 Å². The molecule has 0 N–H and O–H groups in total. The summed E-state index contributed by atoms with van der Waals surface area (Å²) in [6.07, 6.45) is 1.74. The fourth-order valence-corrected chi connectivity index (χ4v) is 2.33. The molecule has 0 saturated heterocycles. The minimum atomic E-state index is -1.32. The number of benzene rings is 1. The van der Waals surface area contributed by atoms with Gasteiger partial charge in [-0.2, -0.15) is 5.26 Å². The lowest BCUT2D eigenvalue weighted by atomic mass is 10.3. The van der Waals surface area contributed by atoms with Crippen molar-refractivity contribution in [2.75, 3.05) is 5.75 Å². The maximum absolute atomic E-state index is 12.8. The van der Waals surface area contributed by atoms with Crippen LogP contribution in [0.5, 0.6) is 0 Å². The van der Waals surface area contributed by atoms with Crippen LogP contribution in [0, 0.1) is 23.0 Å². The van der Waals surface area contributed by atoms with Gasteiger partial charge in [-0.15, -0.1) is 0 Å². The quantitative estimate of drug-likeness (QED) is 0.746. The van der Waals surface area contributed by atoms with Crippen LogP contribution in [-0.4, -0.2) is 9.96 Å². The SMILES string of the molecule is N#CCCCCS(=O)c1ccc(F)c(F)c1. The highest BCUT2D eigenvalue weighted by Gasteiger charge is 2.07. The van der Waals surface area contributed by atoms with Crippen LogP contribution in [0.3, 0.4) is 0 Å². The van der Waals surface area contributed by atoms with Crippen LogP contribution in [0.25, 0.3) is 0 Å². The van der Waals surface area contributed by atoms with Gasteiger partial charge in [0.1, 0.15) is 0 Å². The average molecular weight is 243 g/mol. The lowest BCUT2D eigenvalue weighted by molar-refractivity contribution is 0.505. The Bertz CT molecular complexity index is 428. The molecule has 16 heavy (non-hydrogen) atoms. The first kappa shape index (κ1) is 12.8. The molecule has 0 aliphatic carbocycles. The molecule has 0 spiro atoms. The van der Waals surface area contributed by atoms with Crippen molar-refractivity contribution in [3.8, 4) is 6.07 Å². The Labute approximate surface area is 95.4 Å². The highest BCUT2D eigenvalue weighted by molar-refractivity contribution is 7.85. The van der Waals surface area contributed by atoms with E-state index >= 15 is 0 Å². The fraction of sp³-hybridized carbons (Fsp3) is 0.364. The van der Waals surface area contributed by atoms with Gasteiger partial charge >= 0.3 is 0 Å². The summed E-state index contributed by atoms with van der Waals surface area (Å²) in [5.74, 6) is -1.56. The molecule has 0 amide bonds. The molecule has 86 valence electrons. The van der Waals surface area contributed by atoms with Gasteiger partial charge in [0.25, 0.3) is 0 Å². The first-order chi connectivity index (χ1) is 7.65. The molecule has 1 unspecified atom stereocenters. The molecule has 1 aromatic rings. The first-order valence-corrected chi connectivity index (χ1v) is 6.17. The van der Waals surface area contributed by atoms with Crippen molar-refractivity contribution in [1.82, 2.24) is 0 Å². The van der Waals surface area contributed by atoms with Crippen LogP contribution in [0.1, 0.15) is 19.3 Å². The van der Waals surface area contributed by atoms with Crippen LogP contribution in [0.2, 0.25) is 0 Å². The van der Waals surface area contributed by atoms with Gasteiger partial charge < -0.3 is 0 Å². The van der Waals surface area contributed by atoms with Crippen molar-refractivity contribution in [3.63, 3.8) is 0 Å². The van der Waals surface area contributed by atoms with E-state index in [4.69, 9.17) is 5.26 Å². The Balaban J connectivity index is 2.53. The maximum atomic E-state index is 12.8. The van der Waals surface area contributed by atoms with Gasteiger partial charge in [0.2, 0.25) is 0 Å². The summed E-state index contributed by atoms with van der Waals surface area (Å²) >= 11 is 0. The van der Waals surface area contributed by atoms with Crippen molar-refractivity contribution < 1.29 is 13.0 Å². The molecule has 0 fully saturated rings. The molecule has 0 aliphatic rings. The van der Waals surface area contributed by atoms with Gasteiger partial charge in [0, 0.05) is 17.1 Å². The Hall–Kier alpha value is -1.28. The van der Waals surface area contributed by atoms with Crippen molar-refractivity contribution in [2.24, 2.45) is 0 Å². The van der Waals surface area contributed by atoms with Gasteiger partial charge in [-0.05, 0) is 31.0 Å². The zero-order valence-electron chi connectivity index (χ0n) is 8.58. The van der Waals surface area contributed by atoms with E-state index in [9.17, 15) is 13.0 Å². The normalized spacial score (nSPS) is 12.1. The van der Waals surface area contributed by atoms with E-state index in [1.807, 2.05) is 6.07 Å². The van der Waals surface area contributed by atoms with Crippen LogP contribution in [0.15, 0.2) is 23.1 Å². The van der Waals surface area contributed by atoms with Crippen LogP contribution < -0.4 is 0 Å². The maximum Gasteiger partial charge on any atom is 0.160 e. The Morgan fingerprint density at radius 1 is 1.25 bits per heavy atom. The second kappa shape index (κ2) is 6.33. The third-order valence-corrected chi connectivity index (χ3v) is 3.46. The van der Waals surface area contributed by atoms with Crippen LogP contribution >= 0.6 is 0 Å². The number of rotatable bonds is 5.